The third-order valence-corrected chi connectivity index (χ3v) is 3.80. The fraction of sp³-hybridized carbons (Fsp3) is 0.222. The second-order valence-electron chi connectivity index (χ2n) is 5.60. The van der Waals surface area contributed by atoms with Crippen LogP contribution in [0.1, 0.15) is 24.2 Å². The summed E-state index contributed by atoms with van der Waals surface area (Å²) in [5, 5.41) is 10.7. The first-order valence-electron chi connectivity index (χ1n) is 7.90. The Hall–Kier alpha value is -3.22. The third kappa shape index (κ3) is 4.20. The molecular weight excluding hydrogens is 318 g/mol. The highest BCUT2D eigenvalue weighted by molar-refractivity contribution is 5.79. The van der Waals surface area contributed by atoms with Gasteiger partial charge in [-0.15, -0.1) is 5.10 Å². The molecule has 128 valence electrons. The summed E-state index contributed by atoms with van der Waals surface area (Å²) in [4.78, 5) is 16.5. The molecule has 3 rings (SSSR count). The van der Waals surface area contributed by atoms with Gasteiger partial charge in [-0.3, -0.25) is 9.78 Å². The van der Waals surface area contributed by atoms with Gasteiger partial charge in [-0.25, -0.2) is 4.68 Å². The zero-order valence-corrected chi connectivity index (χ0v) is 14.1. The van der Waals surface area contributed by atoms with E-state index in [2.05, 4.69) is 20.6 Å². The maximum absolute atomic E-state index is 12.2. The molecule has 0 aliphatic rings. The molecule has 0 aliphatic heterocycles. The lowest BCUT2D eigenvalue weighted by Crippen LogP contribution is -2.28. The van der Waals surface area contributed by atoms with Crippen LogP contribution in [0.25, 0.3) is 5.69 Å². The van der Waals surface area contributed by atoms with Crippen molar-refractivity contribution in [2.45, 2.75) is 19.4 Å². The van der Waals surface area contributed by atoms with Crippen LogP contribution in [0.3, 0.4) is 0 Å². The van der Waals surface area contributed by atoms with Crippen molar-refractivity contribution in [2.24, 2.45) is 0 Å². The van der Waals surface area contributed by atoms with Gasteiger partial charge in [-0.2, -0.15) is 0 Å². The highest BCUT2D eigenvalue weighted by atomic mass is 16.5. The highest BCUT2D eigenvalue weighted by Gasteiger charge is 2.11. The number of hydrogen-bond acceptors (Lipinski definition) is 5. The normalized spacial score (nSPS) is 11.8. The molecule has 2 aromatic heterocycles. The highest BCUT2D eigenvalue weighted by Crippen LogP contribution is 2.14. The van der Waals surface area contributed by atoms with Crippen molar-refractivity contribution in [3.8, 4) is 11.4 Å². The van der Waals surface area contributed by atoms with Gasteiger partial charge in [0.15, 0.2) is 0 Å². The van der Waals surface area contributed by atoms with Gasteiger partial charge in [0, 0.05) is 0 Å². The molecule has 0 spiro atoms. The molecule has 1 atom stereocenters. The number of methoxy groups -OCH3 is 1. The maximum Gasteiger partial charge on any atom is 0.224 e. The molecule has 0 radical (unpaired) electrons. The van der Waals surface area contributed by atoms with Crippen molar-refractivity contribution in [3.05, 3.63) is 66.2 Å². The van der Waals surface area contributed by atoms with Crippen molar-refractivity contribution < 1.29 is 9.53 Å². The SMILES string of the molecule is COc1ccc([C@@H](C)NC(=O)Cc2ccc(-n3ccnn3)cc2)nc1. The minimum absolute atomic E-state index is 0.0568. The van der Waals surface area contributed by atoms with Gasteiger partial charge in [0.05, 0.1) is 49.5 Å². The Balaban J connectivity index is 1.58. The van der Waals surface area contributed by atoms with E-state index in [1.54, 1.807) is 30.4 Å². The van der Waals surface area contributed by atoms with Gasteiger partial charge in [-0.05, 0) is 36.8 Å². The molecule has 7 heteroatoms. The molecule has 25 heavy (non-hydrogen) atoms. The monoisotopic (exact) mass is 337 g/mol. The van der Waals surface area contributed by atoms with E-state index < -0.39 is 0 Å². The van der Waals surface area contributed by atoms with Gasteiger partial charge >= 0.3 is 0 Å². The minimum Gasteiger partial charge on any atom is -0.495 e. The molecular formula is C18H19N5O2. The molecule has 0 saturated carbocycles. The lowest BCUT2D eigenvalue weighted by Gasteiger charge is -2.14. The van der Waals surface area contributed by atoms with E-state index in [0.29, 0.717) is 12.2 Å². The van der Waals surface area contributed by atoms with Crippen molar-refractivity contribution in [1.29, 1.82) is 0 Å². The Labute approximate surface area is 145 Å². The summed E-state index contributed by atoms with van der Waals surface area (Å²) < 4.78 is 6.75. The average Bonchev–Trinajstić information content (AvgIpc) is 3.17. The molecule has 0 unspecified atom stereocenters. The van der Waals surface area contributed by atoms with Crippen LogP contribution in [0.5, 0.6) is 5.75 Å². The molecule has 2 heterocycles. The Morgan fingerprint density at radius 2 is 2.04 bits per heavy atom. The van der Waals surface area contributed by atoms with E-state index in [-0.39, 0.29) is 11.9 Å². The first-order chi connectivity index (χ1) is 12.2. The molecule has 0 bridgehead atoms. The Morgan fingerprint density at radius 3 is 2.64 bits per heavy atom. The minimum atomic E-state index is -0.173. The quantitative estimate of drug-likeness (QED) is 0.745. The van der Waals surface area contributed by atoms with E-state index in [1.165, 1.54) is 0 Å². The predicted octanol–water partition coefficient (Wildman–Crippen LogP) is 2.09. The lowest BCUT2D eigenvalue weighted by atomic mass is 10.1. The predicted molar refractivity (Wildman–Crippen MR) is 92.4 cm³/mol. The third-order valence-electron chi connectivity index (χ3n) is 3.80. The molecule has 3 aromatic rings. The number of hydrogen-bond donors (Lipinski definition) is 1. The molecule has 0 saturated heterocycles. The zero-order valence-electron chi connectivity index (χ0n) is 14.1. The molecule has 1 aromatic carbocycles. The van der Waals surface area contributed by atoms with Crippen LogP contribution >= 0.6 is 0 Å². The summed E-state index contributed by atoms with van der Waals surface area (Å²) in [5.74, 6) is 0.633. The van der Waals surface area contributed by atoms with Crippen molar-refractivity contribution in [3.63, 3.8) is 0 Å². The number of aromatic nitrogens is 4. The van der Waals surface area contributed by atoms with Gasteiger partial charge in [0.1, 0.15) is 5.75 Å². The van der Waals surface area contributed by atoms with Gasteiger partial charge in [0.25, 0.3) is 0 Å². The van der Waals surface area contributed by atoms with E-state index in [4.69, 9.17) is 4.74 Å². The number of benzene rings is 1. The second kappa shape index (κ2) is 7.57. The molecule has 1 N–H and O–H groups in total. The van der Waals surface area contributed by atoms with E-state index >= 15 is 0 Å². The first-order valence-corrected chi connectivity index (χ1v) is 7.90. The number of nitrogens with zero attached hydrogens (tertiary/aromatic N) is 4. The summed E-state index contributed by atoms with van der Waals surface area (Å²) in [6, 6.07) is 11.1. The van der Waals surface area contributed by atoms with Crippen LogP contribution < -0.4 is 10.1 Å². The number of carbonyl (C=O) groups excluding carboxylic acids is 1. The Kier molecular flexibility index (Phi) is 5.03. The summed E-state index contributed by atoms with van der Waals surface area (Å²) in [7, 11) is 1.59. The standard InChI is InChI=1S/C18H19N5O2/c1-13(17-8-7-16(25-2)12-19-17)21-18(24)11-14-3-5-15(6-4-14)23-10-9-20-22-23/h3-10,12-13H,11H2,1-2H3,(H,21,24)/t13-/m1/s1. The van der Waals surface area contributed by atoms with Crippen LogP contribution in [0.15, 0.2) is 55.0 Å². The summed E-state index contributed by atoms with van der Waals surface area (Å²) in [5.41, 5.74) is 2.62. The average molecular weight is 337 g/mol. The van der Waals surface area contributed by atoms with Gasteiger partial charge < -0.3 is 10.1 Å². The Bertz CT molecular complexity index is 814. The molecule has 7 nitrogen and oxygen atoms in total. The summed E-state index contributed by atoms with van der Waals surface area (Å²) in [6.45, 7) is 1.90. The number of pyridine rings is 1. The largest absolute Gasteiger partial charge is 0.495 e. The smallest absolute Gasteiger partial charge is 0.224 e. The molecule has 0 aliphatic carbocycles. The van der Waals surface area contributed by atoms with E-state index in [0.717, 1.165) is 16.9 Å². The van der Waals surface area contributed by atoms with Gasteiger partial charge in [0.2, 0.25) is 5.91 Å². The molecule has 0 fully saturated rings. The Morgan fingerprint density at radius 1 is 1.24 bits per heavy atom. The summed E-state index contributed by atoms with van der Waals surface area (Å²) >= 11 is 0. The number of rotatable bonds is 6. The number of ether oxygens (including phenoxy) is 1. The van der Waals surface area contributed by atoms with Crippen LogP contribution in [0.4, 0.5) is 0 Å². The summed E-state index contributed by atoms with van der Waals surface area (Å²) in [6.07, 6.45) is 5.33. The van der Waals surface area contributed by atoms with Crippen LogP contribution in [0, 0.1) is 0 Å². The van der Waals surface area contributed by atoms with Crippen LogP contribution in [-0.4, -0.2) is 33.0 Å². The maximum atomic E-state index is 12.2. The number of amides is 1. The fourth-order valence-electron chi connectivity index (χ4n) is 2.43. The van der Waals surface area contributed by atoms with E-state index in [1.807, 2.05) is 43.3 Å². The van der Waals surface area contributed by atoms with Crippen molar-refractivity contribution in [2.75, 3.05) is 7.11 Å². The van der Waals surface area contributed by atoms with Crippen LogP contribution in [0.2, 0.25) is 0 Å². The fourth-order valence-corrected chi connectivity index (χ4v) is 2.43. The lowest BCUT2D eigenvalue weighted by molar-refractivity contribution is -0.121. The van der Waals surface area contributed by atoms with Crippen LogP contribution in [-0.2, 0) is 11.2 Å². The number of carbonyl (C=O) groups is 1. The number of nitrogens with one attached hydrogen (secondary N) is 1. The van der Waals surface area contributed by atoms with Crippen molar-refractivity contribution in [1.82, 2.24) is 25.3 Å². The van der Waals surface area contributed by atoms with Gasteiger partial charge in [-0.1, -0.05) is 17.3 Å². The van der Waals surface area contributed by atoms with E-state index in [9.17, 15) is 4.79 Å². The van der Waals surface area contributed by atoms with Crippen molar-refractivity contribution >= 4 is 5.91 Å². The first kappa shape index (κ1) is 16.6. The second-order valence-corrected chi connectivity index (χ2v) is 5.60. The topological polar surface area (TPSA) is 81.9 Å². The molecule has 1 amide bonds. The zero-order chi connectivity index (χ0) is 17.6.